The van der Waals surface area contributed by atoms with E-state index in [9.17, 15) is 19.8 Å². The zero-order chi connectivity index (χ0) is 26.1. The van der Waals surface area contributed by atoms with Crippen molar-refractivity contribution in [2.75, 3.05) is 0 Å². The Hall–Kier alpha value is -1.87. The molecule has 0 amide bonds. The molecule has 8 heteroatoms. The van der Waals surface area contributed by atoms with Gasteiger partial charge in [-0.1, -0.05) is 39.8 Å². The maximum absolute atomic E-state index is 13.2. The zero-order valence-electron chi connectivity index (χ0n) is 21.8. The number of ether oxygens (including phenoxy) is 2. The second-order valence-electron chi connectivity index (χ2n) is 10.9. The Labute approximate surface area is 212 Å². The van der Waals surface area contributed by atoms with E-state index in [1.807, 2.05) is 51.3 Å². The molecule has 2 aliphatic heterocycles. The highest BCUT2D eigenvalue weighted by molar-refractivity contribution is 7.09. The van der Waals surface area contributed by atoms with Gasteiger partial charge < -0.3 is 19.7 Å². The molecule has 7 nitrogen and oxygen atoms in total. The van der Waals surface area contributed by atoms with E-state index in [-0.39, 0.29) is 29.8 Å². The van der Waals surface area contributed by atoms with Crippen LogP contribution < -0.4 is 0 Å². The lowest BCUT2D eigenvalue weighted by Crippen LogP contribution is -2.45. The summed E-state index contributed by atoms with van der Waals surface area (Å²) in [5.74, 6) is -1.83. The predicted molar refractivity (Wildman–Crippen MR) is 136 cm³/mol. The van der Waals surface area contributed by atoms with Crippen molar-refractivity contribution in [1.29, 1.82) is 0 Å². The molecular weight excluding hydrogens is 466 g/mol. The molecule has 3 rings (SSSR count). The number of fused-ring (bicyclic) bond motifs is 1. The van der Waals surface area contributed by atoms with E-state index >= 15 is 0 Å². The topological polar surface area (TPSA) is 109 Å². The van der Waals surface area contributed by atoms with Gasteiger partial charge in [-0.2, -0.15) is 0 Å². The second-order valence-corrected chi connectivity index (χ2v) is 12.0. The first-order chi connectivity index (χ1) is 16.2. The highest BCUT2D eigenvalue weighted by Crippen LogP contribution is 2.44. The molecule has 3 heterocycles. The molecule has 1 saturated heterocycles. The maximum Gasteiger partial charge on any atom is 0.309 e. The van der Waals surface area contributed by atoms with Gasteiger partial charge in [0, 0.05) is 23.6 Å². The molecule has 7 atom stereocenters. The van der Waals surface area contributed by atoms with Crippen LogP contribution in [0.25, 0.3) is 6.08 Å². The fourth-order valence-electron chi connectivity index (χ4n) is 4.67. The number of nitrogens with zero attached hydrogens (tertiary/aromatic N) is 1. The molecule has 0 radical (unpaired) electrons. The van der Waals surface area contributed by atoms with Gasteiger partial charge in [0.25, 0.3) is 0 Å². The Balaban J connectivity index is 1.89. The summed E-state index contributed by atoms with van der Waals surface area (Å²) in [4.78, 5) is 30.6. The highest BCUT2D eigenvalue weighted by Gasteiger charge is 2.52. The fourth-order valence-corrected chi connectivity index (χ4v) is 5.24. The molecule has 0 bridgehead atoms. The molecule has 194 valence electrons. The fraction of sp³-hybridized carbons (Fsp3) is 0.667. The Morgan fingerprint density at radius 3 is 2.54 bits per heavy atom. The average Bonchev–Trinajstić information content (AvgIpc) is 3.22. The lowest BCUT2D eigenvalue weighted by Gasteiger charge is -2.34. The van der Waals surface area contributed by atoms with Crippen LogP contribution in [0.2, 0.25) is 0 Å². The van der Waals surface area contributed by atoms with E-state index < -0.39 is 35.6 Å². The van der Waals surface area contributed by atoms with Crippen LogP contribution in [-0.2, 0) is 19.1 Å². The Bertz CT molecular complexity index is 998. The van der Waals surface area contributed by atoms with Crippen LogP contribution in [0.3, 0.4) is 0 Å². The third-order valence-corrected chi connectivity index (χ3v) is 8.30. The molecule has 1 aromatic heterocycles. The van der Waals surface area contributed by atoms with Crippen LogP contribution in [-0.4, -0.2) is 57.0 Å². The molecule has 0 spiro atoms. The summed E-state index contributed by atoms with van der Waals surface area (Å²) in [6, 6.07) is 0. The number of cyclic esters (lactones) is 1. The number of hydrogen-bond acceptors (Lipinski definition) is 8. The minimum atomic E-state index is -1.25. The molecule has 2 aliphatic rings. The van der Waals surface area contributed by atoms with Gasteiger partial charge in [-0.15, -0.1) is 11.3 Å². The minimum Gasteiger partial charge on any atom is -0.458 e. The van der Waals surface area contributed by atoms with Crippen molar-refractivity contribution in [3.8, 4) is 0 Å². The number of rotatable bonds is 2. The van der Waals surface area contributed by atoms with Gasteiger partial charge in [-0.25, -0.2) is 4.98 Å². The first kappa shape index (κ1) is 27.7. The summed E-state index contributed by atoms with van der Waals surface area (Å²) in [7, 11) is 0. The van der Waals surface area contributed by atoms with E-state index in [2.05, 4.69) is 4.98 Å². The van der Waals surface area contributed by atoms with Crippen molar-refractivity contribution >= 4 is 29.2 Å². The number of carbonyl (C=O) groups excluding carboxylic acids is 2. The number of Topliss-reactive ketones (excluding diaryl/α,β-unsaturated/α-hetero) is 1. The van der Waals surface area contributed by atoms with Crippen LogP contribution in [0.1, 0.15) is 71.5 Å². The van der Waals surface area contributed by atoms with Crippen LogP contribution >= 0.6 is 11.3 Å². The first-order valence-corrected chi connectivity index (χ1v) is 13.2. The van der Waals surface area contributed by atoms with Crippen LogP contribution in [0.4, 0.5) is 0 Å². The molecule has 0 aliphatic carbocycles. The lowest BCUT2D eigenvalue weighted by molar-refractivity contribution is -0.154. The number of thiazole rings is 1. The molecule has 1 fully saturated rings. The molecule has 0 unspecified atom stereocenters. The van der Waals surface area contributed by atoms with E-state index in [0.29, 0.717) is 12.8 Å². The molecule has 35 heavy (non-hydrogen) atoms. The number of epoxide rings is 1. The number of ketones is 1. The van der Waals surface area contributed by atoms with Gasteiger partial charge in [0.2, 0.25) is 0 Å². The summed E-state index contributed by atoms with van der Waals surface area (Å²) in [5, 5.41) is 24.5. The third-order valence-electron chi connectivity index (χ3n) is 7.51. The second kappa shape index (κ2) is 10.6. The number of carbonyl (C=O) groups is 2. The SMILES string of the molecule is C/C(=C\c1csc(C)n1)[C@@H]1C[C@@H]2O[C@]2(C)C/C=C/[C@H](C)[C@H](O)[C@@H](C)C(=O)C(C)(C)[C@@H](O)CC(=O)O1. The van der Waals surface area contributed by atoms with Crippen molar-refractivity contribution < 1.29 is 29.3 Å². The minimum absolute atomic E-state index is 0.0968. The van der Waals surface area contributed by atoms with Gasteiger partial charge >= 0.3 is 5.97 Å². The molecular formula is C27H39NO6S. The maximum atomic E-state index is 13.2. The van der Waals surface area contributed by atoms with Gasteiger partial charge in [0.15, 0.2) is 0 Å². The largest absolute Gasteiger partial charge is 0.458 e. The summed E-state index contributed by atoms with van der Waals surface area (Å²) < 4.78 is 11.9. The van der Waals surface area contributed by atoms with Gasteiger partial charge in [0.1, 0.15) is 11.9 Å². The van der Waals surface area contributed by atoms with Crippen molar-refractivity contribution in [3.63, 3.8) is 0 Å². The van der Waals surface area contributed by atoms with Gasteiger partial charge in [-0.05, 0) is 38.8 Å². The predicted octanol–water partition coefficient (Wildman–Crippen LogP) is 4.25. The monoisotopic (exact) mass is 505 g/mol. The van der Waals surface area contributed by atoms with E-state index in [4.69, 9.17) is 9.47 Å². The van der Waals surface area contributed by atoms with Gasteiger partial charge in [0.05, 0.1) is 46.5 Å². The number of aliphatic hydroxyl groups excluding tert-OH is 2. The van der Waals surface area contributed by atoms with Crippen molar-refractivity contribution in [2.45, 2.75) is 97.7 Å². The lowest BCUT2D eigenvalue weighted by atomic mass is 9.73. The van der Waals surface area contributed by atoms with Gasteiger partial charge in [-0.3, -0.25) is 9.59 Å². The van der Waals surface area contributed by atoms with Crippen LogP contribution in [0.15, 0.2) is 23.1 Å². The molecule has 1 aromatic rings. The van der Waals surface area contributed by atoms with Crippen molar-refractivity contribution in [1.82, 2.24) is 4.98 Å². The number of esters is 1. The Morgan fingerprint density at radius 2 is 1.91 bits per heavy atom. The van der Waals surface area contributed by atoms with Crippen LogP contribution in [0, 0.1) is 24.2 Å². The first-order valence-electron chi connectivity index (χ1n) is 12.3. The normalized spacial score (nSPS) is 37.9. The average molecular weight is 506 g/mol. The Morgan fingerprint density at radius 1 is 1.23 bits per heavy atom. The van der Waals surface area contributed by atoms with E-state index in [1.54, 1.807) is 32.1 Å². The summed E-state index contributed by atoms with van der Waals surface area (Å²) >= 11 is 1.55. The van der Waals surface area contributed by atoms with E-state index in [1.165, 1.54) is 0 Å². The Kier molecular flexibility index (Phi) is 8.41. The molecule has 0 aromatic carbocycles. The van der Waals surface area contributed by atoms with Crippen molar-refractivity contribution in [2.24, 2.45) is 17.3 Å². The standard InChI is InChI=1S/C27H39NO6S/c1-15-9-8-10-27(7)22(34-27)12-20(16(2)11-19-14-35-18(4)28-19)33-23(30)13-21(29)26(5,6)25(32)17(3)24(15)31/h8-9,11,14-15,17,20-22,24,29,31H,10,12-13H2,1-7H3/b9-8+,16-11+/t15-,17+,20-,21-,22-,24-,27+/m0/s1. The molecule has 0 saturated carbocycles. The summed E-state index contributed by atoms with van der Waals surface area (Å²) in [5.41, 5.74) is 0.0391. The number of aryl methyl sites for hydroxylation is 1. The smallest absolute Gasteiger partial charge is 0.309 e. The number of aliphatic hydroxyl groups is 2. The highest BCUT2D eigenvalue weighted by atomic mass is 32.1. The van der Waals surface area contributed by atoms with E-state index in [0.717, 1.165) is 16.3 Å². The van der Waals surface area contributed by atoms with Crippen LogP contribution in [0.5, 0.6) is 0 Å². The number of hydrogen-bond donors (Lipinski definition) is 2. The summed E-state index contributed by atoms with van der Waals surface area (Å²) in [6.45, 7) is 12.6. The van der Waals surface area contributed by atoms with Crippen molar-refractivity contribution in [3.05, 3.63) is 33.8 Å². The number of aromatic nitrogens is 1. The third kappa shape index (κ3) is 6.47. The summed E-state index contributed by atoms with van der Waals surface area (Å²) in [6.07, 6.45) is 3.84. The molecule has 2 N–H and O–H groups in total. The quantitative estimate of drug-likeness (QED) is 0.351. The zero-order valence-corrected chi connectivity index (χ0v) is 22.6.